The smallest absolute Gasteiger partial charge is 0.484 e. The van der Waals surface area contributed by atoms with Gasteiger partial charge in [0.15, 0.2) is 11.6 Å². The summed E-state index contributed by atoms with van der Waals surface area (Å²) in [6.45, 7) is 2.96. The molecular formula is C28H30ClF4NO4. The lowest BCUT2D eigenvalue weighted by Gasteiger charge is -2.45. The van der Waals surface area contributed by atoms with Gasteiger partial charge < -0.3 is 14.6 Å². The molecule has 1 saturated carbocycles. The summed E-state index contributed by atoms with van der Waals surface area (Å²) >= 11 is 6.04. The van der Waals surface area contributed by atoms with Crippen LogP contribution in [-0.2, 0) is 17.8 Å². The molecule has 2 heterocycles. The molecule has 1 unspecified atom stereocenters. The molecular weight excluding hydrogens is 526 g/mol. The molecule has 0 bridgehead atoms. The Kier molecular flexibility index (Phi) is 7.28. The maximum Gasteiger partial charge on any atom is 0.573 e. The number of aliphatic carboxylic acids is 1. The summed E-state index contributed by atoms with van der Waals surface area (Å²) in [6.07, 6.45) is -0.491. The minimum atomic E-state index is -4.80. The quantitative estimate of drug-likeness (QED) is 0.375. The number of benzene rings is 2. The third kappa shape index (κ3) is 5.73. The van der Waals surface area contributed by atoms with Crippen LogP contribution in [0.15, 0.2) is 30.3 Å². The molecule has 0 amide bonds. The zero-order valence-electron chi connectivity index (χ0n) is 21.0. The number of piperidine rings is 1. The number of halogens is 5. The normalized spacial score (nSPS) is 20.9. The van der Waals surface area contributed by atoms with Crippen molar-refractivity contribution in [3.05, 3.63) is 57.9 Å². The molecule has 5 nitrogen and oxygen atoms in total. The van der Waals surface area contributed by atoms with Crippen molar-refractivity contribution >= 4 is 17.6 Å². The van der Waals surface area contributed by atoms with Crippen molar-refractivity contribution in [2.45, 2.75) is 69.9 Å². The Morgan fingerprint density at radius 2 is 1.92 bits per heavy atom. The fraction of sp³-hybridized carbons (Fsp3) is 0.536. The van der Waals surface area contributed by atoms with Gasteiger partial charge in [0.1, 0.15) is 11.4 Å². The van der Waals surface area contributed by atoms with E-state index in [1.54, 1.807) is 13.0 Å². The highest BCUT2D eigenvalue weighted by molar-refractivity contribution is 6.30. The van der Waals surface area contributed by atoms with Gasteiger partial charge in [0.25, 0.3) is 0 Å². The fourth-order valence-electron chi connectivity index (χ4n) is 5.95. The minimum absolute atomic E-state index is 0.159. The molecule has 1 N–H and O–H groups in total. The van der Waals surface area contributed by atoms with Crippen molar-refractivity contribution in [2.24, 2.45) is 11.8 Å². The summed E-state index contributed by atoms with van der Waals surface area (Å²) in [7, 11) is 0. The molecule has 206 valence electrons. The second-order valence-electron chi connectivity index (χ2n) is 10.8. The Labute approximate surface area is 223 Å². The number of likely N-dealkylation sites (tertiary alicyclic amines) is 1. The number of fused-ring (bicyclic) bond motifs is 1. The Balaban J connectivity index is 1.30. The first-order chi connectivity index (χ1) is 17.9. The van der Waals surface area contributed by atoms with E-state index in [4.69, 9.17) is 16.3 Å². The third-order valence-corrected chi connectivity index (χ3v) is 8.44. The van der Waals surface area contributed by atoms with Crippen LogP contribution in [0, 0.1) is 17.7 Å². The van der Waals surface area contributed by atoms with Gasteiger partial charge in [0.05, 0.1) is 5.92 Å². The first kappa shape index (κ1) is 27.1. The number of nitrogens with zero attached hydrogens (tertiary/aromatic N) is 1. The highest BCUT2D eigenvalue weighted by Crippen LogP contribution is 2.50. The standard InChI is InChI=1S/C28H30ClF4NO4/c1-16(26(35)36)23(17-2-3-17)21-6-4-18-8-9-27(38-25(18)24(21)30)10-12-34(13-11-27)15-19-14-20(29)5-7-22(19)37-28(31,32)33/h4-7,14,16-17,23H,2-3,8-13,15H2,1H3,(H,35,36)/t16-,23?/m0/s1. The first-order valence-corrected chi connectivity index (χ1v) is 13.3. The summed E-state index contributed by atoms with van der Waals surface area (Å²) in [4.78, 5) is 13.7. The maximum absolute atomic E-state index is 15.9. The molecule has 2 aromatic rings. The van der Waals surface area contributed by atoms with E-state index in [0.29, 0.717) is 54.9 Å². The van der Waals surface area contributed by atoms with Crippen LogP contribution in [0.5, 0.6) is 11.5 Å². The predicted molar refractivity (Wildman–Crippen MR) is 133 cm³/mol. The first-order valence-electron chi connectivity index (χ1n) is 12.9. The van der Waals surface area contributed by atoms with Gasteiger partial charge in [-0.1, -0.05) is 30.7 Å². The Morgan fingerprint density at radius 3 is 2.55 bits per heavy atom. The van der Waals surface area contributed by atoms with Crippen LogP contribution in [0.1, 0.15) is 61.6 Å². The SMILES string of the molecule is C[C@H](C(=O)O)C(c1ccc2c(c1F)OC1(CC2)CCN(Cc2cc(Cl)ccc2OC(F)(F)F)CC1)C1CC1. The molecule has 2 aliphatic heterocycles. The lowest BCUT2D eigenvalue weighted by Crippen LogP contribution is -2.49. The minimum Gasteiger partial charge on any atom is -0.484 e. The Hall–Kier alpha value is -2.52. The number of carboxylic acids is 1. The Morgan fingerprint density at radius 1 is 1.21 bits per heavy atom. The zero-order valence-corrected chi connectivity index (χ0v) is 21.7. The van der Waals surface area contributed by atoms with Crippen LogP contribution in [0.4, 0.5) is 17.6 Å². The van der Waals surface area contributed by atoms with Crippen LogP contribution >= 0.6 is 11.6 Å². The third-order valence-electron chi connectivity index (χ3n) is 8.20. The number of aryl methyl sites for hydroxylation is 1. The van der Waals surface area contributed by atoms with Gasteiger partial charge >= 0.3 is 12.3 Å². The molecule has 1 spiro atoms. The van der Waals surface area contributed by atoms with Crippen molar-refractivity contribution in [3.8, 4) is 11.5 Å². The summed E-state index contributed by atoms with van der Waals surface area (Å²) < 4.78 is 65.0. The van der Waals surface area contributed by atoms with Gasteiger partial charge in [-0.05, 0) is 73.8 Å². The number of hydrogen-bond donors (Lipinski definition) is 1. The van der Waals surface area contributed by atoms with Crippen molar-refractivity contribution in [2.75, 3.05) is 13.1 Å². The van der Waals surface area contributed by atoms with Crippen molar-refractivity contribution in [1.29, 1.82) is 0 Å². The van der Waals surface area contributed by atoms with Crippen molar-refractivity contribution in [1.82, 2.24) is 4.90 Å². The van der Waals surface area contributed by atoms with Gasteiger partial charge in [-0.2, -0.15) is 0 Å². The summed E-state index contributed by atoms with van der Waals surface area (Å²) in [5.41, 5.74) is 0.962. The molecule has 5 rings (SSSR count). The molecule has 0 radical (unpaired) electrons. The lowest BCUT2D eigenvalue weighted by atomic mass is 9.80. The van der Waals surface area contributed by atoms with Gasteiger partial charge in [0, 0.05) is 36.1 Å². The molecule has 10 heteroatoms. The average molecular weight is 556 g/mol. The molecule has 3 aliphatic rings. The molecule has 2 atom stereocenters. The van der Waals surface area contributed by atoms with Gasteiger partial charge in [-0.25, -0.2) is 4.39 Å². The second-order valence-corrected chi connectivity index (χ2v) is 11.2. The van der Waals surface area contributed by atoms with Gasteiger partial charge in [-0.3, -0.25) is 9.69 Å². The van der Waals surface area contributed by atoms with Crippen LogP contribution in [0.25, 0.3) is 0 Å². The molecule has 2 aromatic carbocycles. The number of carboxylic acid groups (broad SMARTS) is 1. The summed E-state index contributed by atoms with van der Waals surface area (Å²) in [6, 6.07) is 7.65. The lowest BCUT2D eigenvalue weighted by molar-refractivity contribution is -0.275. The highest BCUT2D eigenvalue weighted by atomic mass is 35.5. The van der Waals surface area contributed by atoms with Gasteiger partial charge in [-0.15, -0.1) is 13.2 Å². The molecule has 0 aromatic heterocycles. The zero-order chi connectivity index (χ0) is 27.2. The van der Waals surface area contributed by atoms with Crippen molar-refractivity contribution in [3.63, 3.8) is 0 Å². The predicted octanol–water partition coefficient (Wildman–Crippen LogP) is 6.95. The number of carbonyl (C=O) groups is 1. The average Bonchev–Trinajstić information content (AvgIpc) is 3.69. The van der Waals surface area contributed by atoms with Crippen molar-refractivity contribution < 1.29 is 36.9 Å². The van der Waals surface area contributed by atoms with E-state index in [1.165, 1.54) is 18.2 Å². The van der Waals surface area contributed by atoms with E-state index in [0.717, 1.165) is 18.4 Å². The number of rotatable bonds is 7. The summed E-state index contributed by atoms with van der Waals surface area (Å²) in [5.74, 6) is -2.39. The van der Waals surface area contributed by atoms with Gasteiger partial charge in [0.2, 0.25) is 0 Å². The Bertz CT molecular complexity index is 1210. The van der Waals surface area contributed by atoms with Crippen LogP contribution in [-0.4, -0.2) is 41.0 Å². The van der Waals surface area contributed by atoms with E-state index in [-0.39, 0.29) is 24.0 Å². The molecule has 1 saturated heterocycles. The van der Waals surface area contributed by atoms with Crippen LogP contribution in [0.3, 0.4) is 0 Å². The van der Waals surface area contributed by atoms with Crippen LogP contribution < -0.4 is 9.47 Å². The van der Waals surface area contributed by atoms with Crippen LogP contribution in [0.2, 0.25) is 5.02 Å². The van der Waals surface area contributed by atoms with E-state index in [1.807, 2.05) is 11.0 Å². The van der Waals surface area contributed by atoms with E-state index >= 15 is 4.39 Å². The second kappa shape index (κ2) is 10.2. The molecule has 1 aliphatic carbocycles. The van der Waals surface area contributed by atoms with E-state index in [9.17, 15) is 23.1 Å². The molecule has 38 heavy (non-hydrogen) atoms. The van der Waals surface area contributed by atoms with E-state index < -0.39 is 35.6 Å². The monoisotopic (exact) mass is 555 g/mol. The number of alkyl halides is 3. The highest BCUT2D eigenvalue weighted by Gasteiger charge is 2.44. The number of hydrogen-bond acceptors (Lipinski definition) is 4. The largest absolute Gasteiger partial charge is 0.573 e. The number of ether oxygens (including phenoxy) is 2. The maximum atomic E-state index is 15.9. The van der Waals surface area contributed by atoms with E-state index in [2.05, 4.69) is 4.74 Å². The molecule has 2 fully saturated rings. The fourth-order valence-corrected chi connectivity index (χ4v) is 6.15. The topological polar surface area (TPSA) is 59.0 Å². The summed E-state index contributed by atoms with van der Waals surface area (Å²) in [5, 5.41) is 9.93.